The Hall–Kier alpha value is -2.77. The molecule has 0 saturated carbocycles. The molecule has 2 amide bonds. The summed E-state index contributed by atoms with van der Waals surface area (Å²) in [4.78, 5) is 29.4. The van der Waals surface area contributed by atoms with Crippen LogP contribution < -0.4 is 10.6 Å². The zero-order chi connectivity index (χ0) is 20.3. The van der Waals surface area contributed by atoms with Gasteiger partial charge in [0.15, 0.2) is 0 Å². The Kier molecular flexibility index (Phi) is 6.06. The SMILES string of the molecule is Cc1nc(-c2ccc(F)cc2)sc1C(=O)NCC(=O)Nc1cccc(Cl)c1C. The van der Waals surface area contributed by atoms with Gasteiger partial charge in [-0.15, -0.1) is 11.3 Å². The van der Waals surface area contributed by atoms with Crippen LogP contribution in [0.1, 0.15) is 20.9 Å². The van der Waals surface area contributed by atoms with Gasteiger partial charge in [-0.1, -0.05) is 17.7 Å². The Morgan fingerprint density at radius 3 is 2.57 bits per heavy atom. The molecule has 3 aromatic rings. The van der Waals surface area contributed by atoms with E-state index in [0.29, 0.717) is 26.3 Å². The van der Waals surface area contributed by atoms with Crippen LogP contribution in [0.25, 0.3) is 10.6 Å². The number of nitrogens with one attached hydrogen (secondary N) is 2. The molecular weight excluding hydrogens is 401 g/mol. The summed E-state index contributed by atoms with van der Waals surface area (Å²) in [5.74, 6) is -1.09. The maximum atomic E-state index is 13.1. The van der Waals surface area contributed by atoms with Gasteiger partial charge in [0.1, 0.15) is 15.7 Å². The van der Waals surface area contributed by atoms with Gasteiger partial charge in [-0.05, 0) is 55.8 Å². The Morgan fingerprint density at radius 2 is 1.86 bits per heavy atom. The number of halogens is 2. The molecule has 5 nitrogen and oxygen atoms in total. The Morgan fingerprint density at radius 1 is 1.14 bits per heavy atom. The fourth-order valence-electron chi connectivity index (χ4n) is 2.50. The second kappa shape index (κ2) is 8.50. The van der Waals surface area contributed by atoms with Crippen molar-refractivity contribution in [1.29, 1.82) is 0 Å². The fraction of sp³-hybridized carbons (Fsp3) is 0.150. The zero-order valence-corrected chi connectivity index (χ0v) is 16.7. The molecule has 0 aliphatic rings. The van der Waals surface area contributed by atoms with E-state index in [2.05, 4.69) is 15.6 Å². The van der Waals surface area contributed by atoms with Crippen LogP contribution in [-0.4, -0.2) is 23.3 Å². The lowest BCUT2D eigenvalue weighted by molar-refractivity contribution is -0.115. The summed E-state index contributed by atoms with van der Waals surface area (Å²) in [6.45, 7) is 3.33. The highest BCUT2D eigenvalue weighted by Crippen LogP contribution is 2.28. The van der Waals surface area contributed by atoms with Gasteiger partial charge in [0, 0.05) is 16.3 Å². The molecule has 0 aliphatic heterocycles. The van der Waals surface area contributed by atoms with Crippen LogP contribution >= 0.6 is 22.9 Å². The van der Waals surface area contributed by atoms with Crippen molar-refractivity contribution >= 4 is 40.4 Å². The van der Waals surface area contributed by atoms with E-state index in [1.54, 1.807) is 44.2 Å². The predicted molar refractivity (Wildman–Crippen MR) is 109 cm³/mol. The third-order valence-corrected chi connectivity index (χ3v) is 5.66. The largest absolute Gasteiger partial charge is 0.342 e. The first-order valence-corrected chi connectivity index (χ1v) is 9.61. The predicted octanol–water partition coefficient (Wildman–Crippen LogP) is 4.59. The van der Waals surface area contributed by atoms with Gasteiger partial charge in [-0.2, -0.15) is 0 Å². The zero-order valence-electron chi connectivity index (χ0n) is 15.2. The summed E-state index contributed by atoms with van der Waals surface area (Å²) in [6, 6.07) is 11.1. The smallest absolute Gasteiger partial charge is 0.263 e. The lowest BCUT2D eigenvalue weighted by atomic mass is 10.2. The minimum atomic E-state index is -0.388. The third kappa shape index (κ3) is 4.55. The third-order valence-electron chi connectivity index (χ3n) is 4.05. The Balaban J connectivity index is 1.64. The summed E-state index contributed by atoms with van der Waals surface area (Å²) >= 11 is 7.23. The summed E-state index contributed by atoms with van der Waals surface area (Å²) in [5, 5.41) is 6.48. The van der Waals surface area contributed by atoms with E-state index < -0.39 is 0 Å². The summed E-state index contributed by atoms with van der Waals surface area (Å²) in [5.41, 5.74) is 2.63. The molecular formula is C20H17ClFN3O2S. The number of aromatic nitrogens is 1. The molecule has 2 N–H and O–H groups in total. The van der Waals surface area contributed by atoms with Crippen molar-refractivity contribution in [2.75, 3.05) is 11.9 Å². The van der Waals surface area contributed by atoms with Crippen LogP contribution in [0.2, 0.25) is 5.02 Å². The quantitative estimate of drug-likeness (QED) is 0.637. The molecule has 1 heterocycles. The molecule has 144 valence electrons. The van der Waals surface area contributed by atoms with Crippen LogP contribution in [0.3, 0.4) is 0 Å². The van der Waals surface area contributed by atoms with Crippen LogP contribution in [-0.2, 0) is 4.79 Å². The van der Waals surface area contributed by atoms with E-state index in [9.17, 15) is 14.0 Å². The highest BCUT2D eigenvalue weighted by atomic mass is 35.5. The number of aryl methyl sites for hydroxylation is 1. The van der Waals surface area contributed by atoms with Crippen LogP contribution in [0.5, 0.6) is 0 Å². The monoisotopic (exact) mass is 417 g/mol. The number of amides is 2. The minimum Gasteiger partial charge on any atom is -0.342 e. The number of benzene rings is 2. The number of anilines is 1. The van der Waals surface area contributed by atoms with Crippen molar-refractivity contribution in [3.8, 4) is 10.6 Å². The molecule has 28 heavy (non-hydrogen) atoms. The van der Waals surface area contributed by atoms with Crippen LogP contribution in [0.4, 0.5) is 10.1 Å². The van der Waals surface area contributed by atoms with Gasteiger partial charge in [-0.3, -0.25) is 9.59 Å². The highest BCUT2D eigenvalue weighted by molar-refractivity contribution is 7.17. The molecule has 0 atom stereocenters. The first-order valence-electron chi connectivity index (χ1n) is 8.41. The number of carbonyl (C=O) groups is 2. The first-order chi connectivity index (χ1) is 13.3. The Bertz CT molecular complexity index is 1030. The van der Waals surface area contributed by atoms with E-state index in [0.717, 1.165) is 11.1 Å². The summed E-state index contributed by atoms with van der Waals surface area (Å²) in [6.07, 6.45) is 0. The summed E-state index contributed by atoms with van der Waals surface area (Å²) in [7, 11) is 0. The molecule has 0 fully saturated rings. The van der Waals surface area contributed by atoms with Crippen molar-refractivity contribution in [3.05, 3.63) is 69.4 Å². The molecule has 2 aromatic carbocycles. The van der Waals surface area contributed by atoms with E-state index >= 15 is 0 Å². The molecule has 1 aromatic heterocycles. The molecule has 0 aliphatic carbocycles. The fourth-order valence-corrected chi connectivity index (χ4v) is 3.66. The van der Waals surface area contributed by atoms with E-state index in [1.807, 2.05) is 0 Å². The lowest BCUT2D eigenvalue weighted by Gasteiger charge is -2.10. The molecule has 3 rings (SSSR count). The molecule has 0 spiro atoms. The first kappa shape index (κ1) is 20.0. The van der Waals surface area contributed by atoms with Crippen LogP contribution in [0.15, 0.2) is 42.5 Å². The second-order valence-corrected chi connectivity index (χ2v) is 7.49. The number of hydrogen-bond acceptors (Lipinski definition) is 4. The number of thiazole rings is 1. The molecule has 0 saturated heterocycles. The highest BCUT2D eigenvalue weighted by Gasteiger charge is 2.17. The van der Waals surface area contributed by atoms with Gasteiger partial charge < -0.3 is 10.6 Å². The van der Waals surface area contributed by atoms with Crippen molar-refractivity contribution < 1.29 is 14.0 Å². The topological polar surface area (TPSA) is 71.1 Å². The van der Waals surface area contributed by atoms with Gasteiger partial charge >= 0.3 is 0 Å². The van der Waals surface area contributed by atoms with Crippen molar-refractivity contribution in [2.45, 2.75) is 13.8 Å². The maximum Gasteiger partial charge on any atom is 0.263 e. The van der Waals surface area contributed by atoms with E-state index in [1.165, 1.54) is 23.5 Å². The molecule has 0 unspecified atom stereocenters. The summed E-state index contributed by atoms with van der Waals surface area (Å²) < 4.78 is 13.1. The van der Waals surface area contributed by atoms with Crippen molar-refractivity contribution in [3.63, 3.8) is 0 Å². The molecule has 0 radical (unpaired) electrons. The lowest BCUT2D eigenvalue weighted by Crippen LogP contribution is -2.32. The van der Waals surface area contributed by atoms with Crippen LogP contribution in [0, 0.1) is 19.7 Å². The van der Waals surface area contributed by atoms with E-state index in [-0.39, 0.29) is 24.2 Å². The average molecular weight is 418 g/mol. The average Bonchev–Trinajstić information content (AvgIpc) is 3.06. The van der Waals surface area contributed by atoms with Gasteiger partial charge in [0.05, 0.1) is 12.2 Å². The number of hydrogen-bond donors (Lipinski definition) is 2. The normalized spacial score (nSPS) is 10.6. The van der Waals surface area contributed by atoms with Crippen molar-refractivity contribution in [2.24, 2.45) is 0 Å². The Labute approximate surface area is 170 Å². The minimum absolute atomic E-state index is 0.186. The number of rotatable bonds is 5. The standard InChI is InChI=1S/C20H17ClFN3O2S/c1-11-15(21)4-3-5-16(11)25-17(26)10-23-19(27)18-12(2)24-20(28-18)13-6-8-14(22)9-7-13/h3-9H,10H2,1-2H3,(H,23,27)(H,25,26). The second-order valence-electron chi connectivity index (χ2n) is 6.08. The number of nitrogens with zero attached hydrogens (tertiary/aromatic N) is 1. The maximum absolute atomic E-state index is 13.1. The van der Waals surface area contributed by atoms with Crippen molar-refractivity contribution in [1.82, 2.24) is 10.3 Å². The van der Waals surface area contributed by atoms with E-state index in [4.69, 9.17) is 11.6 Å². The molecule has 0 bridgehead atoms. The number of carbonyl (C=O) groups excluding carboxylic acids is 2. The van der Waals surface area contributed by atoms with Gasteiger partial charge in [0.25, 0.3) is 5.91 Å². The van der Waals surface area contributed by atoms with Gasteiger partial charge in [-0.25, -0.2) is 9.37 Å². The van der Waals surface area contributed by atoms with Gasteiger partial charge in [0.2, 0.25) is 5.91 Å². The molecule has 8 heteroatoms.